The summed E-state index contributed by atoms with van der Waals surface area (Å²) in [6.45, 7) is 10.9. The number of hydrogen-bond acceptors (Lipinski definition) is 1. The van der Waals surface area contributed by atoms with E-state index in [9.17, 15) is 5.11 Å². The van der Waals surface area contributed by atoms with Gasteiger partial charge < -0.3 is 5.11 Å². The van der Waals surface area contributed by atoms with E-state index in [2.05, 4.69) is 33.4 Å². The van der Waals surface area contributed by atoms with Crippen LogP contribution in [0.15, 0.2) is 34.9 Å². The summed E-state index contributed by atoms with van der Waals surface area (Å²) in [4.78, 5) is 0. The molecule has 1 N–H and O–H groups in total. The average Bonchev–Trinajstić information content (AvgIpc) is 2.82. The number of allylic oxidation sites excluding steroid dienone is 2. The molecule has 3 rings (SSSR count). The minimum absolute atomic E-state index is 0.141. The van der Waals surface area contributed by atoms with E-state index >= 15 is 0 Å². The lowest BCUT2D eigenvalue weighted by Gasteiger charge is -2.47. The van der Waals surface area contributed by atoms with Crippen molar-refractivity contribution in [1.82, 2.24) is 0 Å². The van der Waals surface area contributed by atoms with E-state index in [1.807, 2.05) is 0 Å². The Bertz CT molecular complexity index is 482. The Morgan fingerprint density at radius 2 is 2.06 bits per heavy atom. The summed E-state index contributed by atoms with van der Waals surface area (Å²) in [6, 6.07) is 0. The van der Waals surface area contributed by atoms with Crippen LogP contribution in [-0.2, 0) is 0 Å². The van der Waals surface area contributed by atoms with Gasteiger partial charge in [-0.25, -0.2) is 0 Å². The van der Waals surface area contributed by atoms with Crippen molar-refractivity contribution in [2.75, 3.05) is 0 Å². The Labute approximate surface area is 110 Å². The van der Waals surface area contributed by atoms with Gasteiger partial charge in [-0.1, -0.05) is 30.2 Å². The molecule has 1 heteroatoms. The molecule has 0 aromatic rings. The van der Waals surface area contributed by atoms with Gasteiger partial charge in [0.2, 0.25) is 0 Å². The van der Waals surface area contributed by atoms with Gasteiger partial charge >= 0.3 is 0 Å². The molecule has 3 atom stereocenters. The van der Waals surface area contributed by atoms with E-state index in [4.69, 9.17) is 0 Å². The van der Waals surface area contributed by atoms with Crippen molar-refractivity contribution in [2.24, 2.45) is 11.3 Å². The van der Waals surface area contributed by atoms with Crippen LogP contribution in [0.3, 0.4) is 0 Å². The molecule has 98 valence electrons. The normalized spacial score (nSPS) is 43.7. The molecule has 0 aromatic carbocycles. The molecule has 1 nitrogen and oxygen atoms in total. The molecule has 1 saturated carbocycles. The summed E-state index contributed by atoms with van der Waals surface area (Å²) < 4.78 is 0. The molecule has 0 spiro atoms. The highest BCUT2D eigenvalue weighted by molar-refractivity contribution is 5.48. The third-order valence-corrected chi connectivity index (χ3v) is 5.84. The van der Waals surface area contributed by atoms with Gasteiger partial charge in [0, 0.05) is 11.3 Å². The Morgan fingerprint density at radius 3 is 2.67 bits per heavy atom. The zero-order chi connectivity index (χ0) is 13.1. The third kappa shape index (κ3) is 1.26. The highest BCUT2D eigenvalue weighted by Crippen LogP contribution is 2.61. The molecule has 3 aliphatic carbocycles. The van der Waals surface area contributed by atoms with E-state index in [1.165, 1.54) is 28.7 Å². The van der Waals surface area contributed by atoms with E-state index in [-0.39, 0.29) is 5.41 Å². The monoisotopic (exact) mass is 244 g/mol. The summed E-state index contributed by atoms with van der Waals surface area (Å²) in [5, 5.41) is 11.4. The smallest absolute Gasteiger partial charge is 0.113 e. The van der Waals surface area contributed by atoms with Crippen LogP contribution in [0.2, 0.25) is 0 Å². The zero-order valence-electron chi connectivity index (χ0n) is 11.8. The van der Waals surface area contributed by atoms with Crippen LogP contribution >= 0.6 is 0 Å². The zero-order valence-corrected chi connectivity index (χ0v) is 11.8. The fourth-order valence-corrected chi connectivity index (χ4v) is 4.51. The van der Waals surface area contributed by atoms with Crippen LogP contribution in [-0.4, -0.2) is 10.7 Å². The molecule has 2 bridgehead atoms. The van der Waals surface area contributed by atoms with Crippen LogP contribution in [0.5, 0.6) is 0 Å². The molecule has 3 aliphatic rings. The lowest BCUT2D eigenvalue weighted by atomic mass is 9.61. The maximum absolute atomic E-state index is 11.4. The Morgan fingerprint density at radius 1 is 1.33 bits per heavy atom. The molecular weight excluding hydrogens is 220 g/mol. The van der Waals surface area contributed by atoms with Crippen molar-refractivity contribution < 1.29 is 5.11 Å². The highest BCUT2D eigenvalue weighted by Gasteiger charge is 2.57. The highest BCUT2D eigenvalue weighted by atomic mass is 16.3. The van der Waals surface area contributed by atoms with Crippen molar-refractivity contribution in [3.8, 4) is 0 Å². The maximum Gasteiger partial charge on any atom is 0.113 e. The second-order valence-corrected chi connectivity index (χ2v) is 6.72. The SMILES string of the molecule is C=C1[C@H]2CC[C@@]1(C)[C@@](O)(C1=C(C)CCC1)C=C2C. The van der Waals surface area contributed by atoms with E-state index in [0.717, 1.165) is 25.7 Å². The molecule has 0 aliphatic heterocycles. The standard InChI is InChI=1S/C17H24O/c1-11-6-5-7-15(11)17(18)10-12(2)14-8-9-16(17,4)13(14)3/h10,14,18H,3,5-9H2,1-2,4H3/t14-,16+,17-/m0/s1. The lowest BCUT2D eigenvalue weighted by molar-refractivity contribution is 0.0172. The molecule has 0 amide bonds. The van der Waals surface area contributed by atoms with Crippen LogP contribution in [0.1, 0.15) is 52.9 Å². The summed E-state index contributed by atoms with van der Waals surface area (Å²) in [5.74, 6) is 0.512. The van der Waals surface area contributed by atoms with Crippen molar-refractivity contribution in [3.05, 3.63) is 34.9 Å². The van der Waals surface area contributed by atoms with Gasteiger partial charge in [0.1, 0.15) is 5.60 Å². The first kappa shape index (κ1) is 12.2. The summed E-state index contributed by atoms with van der Waals surface area (Å²) in [6.07, 6.45) is 7.78. The summed E-state index contributed by atoms with van der Waals surface area (Å²) in [5.41, 5.74) is 4.37. The molecule has 18 heavy (non-hydrogen) atoms. The van der Waals surface area contributed by atoms with Gasteiger partial charge in [0.15, 0.2) is 0 Å². The number of hydrogen-bond donors (Lipinski definition) is 1. The molecular formula is C17H24O. The van der Waals surface area contributed by atoms with Gasteiger partial charge in [-0.3, -0.25) is 0 Å². The van der Waals surface area contributed by atoms with Gasteiger partial charge in [-0.15, -0.1) is 0 Å². The first-order chi connectivity index (χ1) is 8.40. The first-order valence-electron chi connectivity index (χ1n) is 7.20. The molecule has 1 fully saturated rings. The topological polar surface area (TPSA) is 20.2 Å². The molecule has 0 unspecified atom stereocenters. The van der Waals surface area contributed by atoms with Gasteiger partial charge in [-0.05, 0) is 57.6 Å². The first-order valence-corrected chi connectivity index (χ1v) is 7.20. The fraction of sp³-hybridized carbons (Fsp3) is 0.647. The second-order valence-electron chi connectivity index (χ2n) is 6.72. The largest absolute Gasteiger partial charge is 0.380 e. The lowest BCUT2D eigenvalue weighted by Crippen LogP contribution is -2.48. The van der Waals surface area contributed by atoms with Crippen molar-refractivity contribution in [2.45, 2.75) is 58.5 Å². The predicted octanol–water partition coefficient (Wildman–Crippen LogP) is 4.15. The second kappa shape index (κ2) is 3.60. The predicted molar refractivity (Wildman–Crippen MR) is 75.2 cm³/mol. The number of aliphatic hydroxyl groups is 1. The van der Waals surface area contributed by atoms with Gasteiger partial charge in [0.25, 0.3) is 0 Å². The molecule has 0 heterocycles. The summed E-state index contributed by atoms with van der Waals surface area (Å²) in [7, 11) is 0. The van der Waals surface area contributed by atoms with E-state index < -0.39 is 5.60 Å². The van der Waals surface area contributed by atoms with Gasteiger partial charge in [-0.2, -0.15) is 0 Å². The number of rotatable bonds is 1. The van der Waals surface area contributed by atoms with Gasteiger partial charge in [0.05, 0.1) is 0 Å². The maximum atomic E-state index is 11.4. The minimum Gasteiger partial charge on any atom is -0.380 e. The van der Waals surface area contributed by atoms with Crippen molar-refractivity contribution >= 4 is 0 Å². The van der Waals surface area contributed by atoms with E-state index in [0.29, 0.717) is 5.92 Å². The Hall–Kier alpha value is -0.820. The van der Waals surface area contributed by atoms with Crippen molar-refractivity contribution in [3.63, 3.8) is 0 Å². The van der Waals surface area contributed by atoms with Crippen LogP contribution < -0.4 is 0 Å². The van der Waals surface area contributed by atoms with Crippen LogP contribution in [0.25, 0.3) is 0 Å². The van der Waals surface area contributed by atoms with Crippen LogP contribution in [0.4, 0.5) is 0 Å². The quantitative estimate of drug-likeness (QED) is 0.687. The van der Waals surface area contributed by atoms with E-state index in [1.54, 1.807) is 0 Å². The molecule has 0 radical (unpaired) electrons. The Kier molecular flexibility index (Phi) is 2.45. The van der Waals surface area contributed by atoms with Crippen molar-refractivity contribution in [1.29, 1.82) is 0 Å². The Balaban J connectivity index is 2.19. The van der Waals surface area contributed by atoms with Crippen LogP contribution in [0, 0.1) is 11.3 Å². The third-order valence-electron chi connectivity index (χ3n) is 5.84. The summed E-state index contributed by atoms with van der Waals surface area (Å²) >= 11 is 0. The minimum atomic E-state index is -0.762. The average molecular weight is 244 g/mol. The molecule has 0 aromatic heterocycles. The molecule has 0 saturated heterocycles. The number of fused-ring (bicyclic) bond motifs is 2. The fourth-order valence-electron chi connectivity index (χ4n) is 4.51.